The quantitative estimate of drug-likeness (QED) is 0.356. The van der Waals surface area contributed by atoms with Crippen LogP contribution in [0, 0.1) is 12.3 Å². The molecule has 0 unspecified atom stereocenters. The molecule has 0 N–H and O–H groups in total. The molecular weight excluding hydrogens is 252 g/mol. The van der Waals surface area contributed by atoms with Gasteiger partial charge in [0.1, 0.15) is 16.4 Å². The molecular formula is C9H16O5S2. The molecule has 0 fully saturated rings. The largest absolute Gasteiger partial charge is 0.268 e. The third kappa shape index (κ3) is 7.68. The molecule has 0 aromatic rings. The minimum Gasteiger partial charge on any atom is -0.257 e. The third-order valence-electron chi connectivity index (χ3n) is 1.86. The van der Waals surface area contributed by atoms with Crippen molar-refractivity contribution in [1.82, 2.24) is 0 Å². The highest BCUT2D eigenvalue weighted by Gasteiger charge is 2.12. The highest BCUT2D eigenvalue weighted by Crippen LogP contribution is 2.02. The van der Waals surface area contributed by atoms with Crippen molar-refractivity contribution in [3.8, 4) is 12.3 Å². The van der Waals surface area contributed by atoms with Crippen molar-refractivity contribution in [3.63, 3.8) is 0 Å². The SMILES string of the molecule is C#CCOS(=O)(=O)CCCCS(=O)(=O)CC. The summed E-state index contributed by atoms with van der Waals surface area (Å²) in [5.41, 5.74) is 0. The number of sulfone groups is 1. The van der Waals surface area contributed by atoms with E-state index in [-0.39, 0.29) is 30.3 Å². The lowest BCUT2D eigenvalue weighted by atomic mass is 10.4. The summed E-state index contributed by atoms with van der Waals surface area (Å²) in [7, 11) is -6.63. The first-order chi connectivity index (χ1) is 7.33. The predicted molar refractivity (Wildman–Crippen MR) is 62.1 cm³/mol. The lowest BCUT2D eigenvalue weighted by Gasteiger charge is -2.03. The van der Waals surface area contributed by atoms with E-state index in [1.54, 1.807) is 6.92 Å². The fourth-order valence-electron chi connectivity index (χ4n) is 0.928. The van der Waals surface area contributed by atoms with Crippen LogP contribution in [0.25, 0.3) is 0 Å². The van der Waals surface area contributed by atoms with Gasteiger partial charge in [0.15, 0.2) is 0 Å². The second-order valence-electron chi connectivity index (χ2n) is 3.17. The fourth-order valence-corrected chi connectivity index (χ4v) is 2.78. The monoisotopic (exact) mass is 268 g/mol. The molecule has 5 nitrogen and oxygen atoms in total. The van der Waals surface area contributed by atoms with E-state index in [0.717, 1.165) is 0 Å². The number of rotatable bonds is 8. The summed E-state index contributed by atoms with van der Waals surface area (Å²) >= 11 is 0. The van der Waals surface area contributed by atoms with Crippen molar-refractivity contribution >= 4 is 20.0 Å². The first kappa shape index (κ1) is 15.4. The van der Waals surface area contributed by atoms with Gasteiger partial charge in [0.2, 0.25) is 0 Å². The molecule has 7 heteroatoms. The van der Waals surface area contributed by atoms with E-state index in [9.17, 15) is 16.8 Å². The second kappa shape index (κ2) is 6.89. The Morgan fingerprint density at radius 2 is 1.69 bits per heavy atom. The van der Waals surface area contributed by atoms with Crippen LogP contribution in [0.15, 0.2) is 0 Å². The first-order valence-electron chi connectivity index (χ1n) is 4.84. The van der Waals surface area contributed by atoms with Gasteiger partial charge in [-0.1, -0.05) is 12.8 Å². The van der Waals surface area contributed by atoms with E-state index >= 15 is 0 Å². The molecule has 0 saturated carbocycles. The molecule has 0 saturated heterocycles. The molecule has 0 spiro atoms. The summed E-state index contributed by atoms with van der Waals surface area (Å²) in [6, 6.07) is 0. The predicted octanol–water partition coefficient (Wildman–Crippen LogP) is 0.181. The van der Waals surface area contributed by atoms with Gasteiger partial charge >= 0.3 is 0 Å². The zero-order valence-corrected chi connectivity index (χ0v) is 10.8. The Morgan fingerprint density at radius 1 is 1.12 bits per heavy atom. The second-order valence-corrected chi connectivity index (χ2v) is 7.40. The molecule has 0 aromatic heterocycles. The highest BCUT2D eigenvalue weighted by molar-refractivity contribution is 7.91. The van der Waals surface area contributed by atoms with E-state index in [4.69, 9.17) is 6.42 Å². The minimum atomic E-state index is -3.61. The van der Waals surface area contributed by atoms with Crippen molar-refractivity contribution in [3.05, 3.63) is 0 Å². The van der Waals surface area contributed by atoms with Gasteiger partial charge in [-0.25, -0.2) is 8.42 Å². The summed E-state index contributed by atoms with van der Waals surface area (Å²) in [6.45, 7) is 1.28. The van der Waals surface area contributed by atoms with E-state index in [2.05, 4.69) is 10.1 Å². The summed E-state index contributed by atoms with van der Waals surface area (Å²) in [5, 5.41) is 0. The number of hydrogen-bond acceptors (Lipinski definition) is 5. The normalized spacial score (nSPS) is 12.2. The number of unbranched alkanes of at least 4 members (excludes halogenated alkanes) is 1. The Balaban J connectivity index is 3.88. The molecule has 0 aliphatic carbocycles. The van der Waals surface area contributed by atoms with Crippen LogP contribution >= 0.6 is 0 Å². The van der Waals surface area contributed by atoms with Crippen molar-refractivity contribution in [2.75, 3.05) is 23.9 Å². The van der Waals surface area contributed by atoms with Gasteiger partial charge in [-0.3, -0.25) is 4.18 Å². The lowest BCUT2D eigenvalue weighted by Crippen LogP contribution is -2.13. The zero-order chi connectivity index (χ0) is 12.7. The molecule has 0 heterocycles. The van der Waals surface area contributed by atoms with Gasteiger partial charge in [0, 0.05) is 5.75 Å². The Kier molecular flexibility index (Phi) is 6.64. The van der Waals surface area contributed by atoms with Crippen molar-refractivity contribution < 1.29 is 21.0 Å². The van der Waals surface area contributed by atoms with Crippen LogP contribution in [0.1, 0.15) is 19.8 Å². The maximum absolute atomic E-state index is 11.1. The van der Waals surface area contributed by atoms with Gasteiger partial charge in [-0.2, -0.15) is 8.42 Å². The summed E-state index contributed by atoms with van der Waals surface area (Å²) < 4.78 is 48.8. The van der Waals surface area contributed by atoms with Crippen LogP contribution in [0.2, 0.25) is 0 Å². The third-order valence-corrected chi connectivity index (χ3v) is 4.92. The topological polar surface area (TPSA) is 77.5 Å². The fraction of sp³-hybridized carbons (Fsp3) is 0.778. The van der Waals surface area contributed by atoms with E-state index in [1.165, 1.54) is 0 Å². The molecule has 0 aliphatic rings. The average molecular weight is 268 g/mol. The maximum Gasteiger partial charge on any atom is 0.268 e. The Morgan fingerprint density at radius 3 is 2.19 bits per heavy atom. The molecule has 0 amide bonds. The van der Waals surface area contributed by atoms with Gasteiger partial charge < -0.3 is 0 Å². The molecule has 94 valence electrons. The van der Waals surface area contributed by atoms with Crippen molar-refractivity contribution in [2.24, 2.45) is 0 Å². The lowest BCUT2D eigenvalue weighted by molar-refractivity contribution is 0.362. The zero-order valence-electron chi connectivity index (χ0n) is 9.18. The standard InChI is InChI=1S/C9H16O5S2/c1-3-7-14-16(12,13)9-6-5-8-15(10,11)4-2/h1H,4-9H2,2H3. The Bertz CT molecular complexity index is 427. The van der Waals surface area contributed by atoms with E-state index in [1.807, 2.05) is 0 Å². The van der Waals surface area contributed by atoms with Crippen molar-refractivity contribution in [2.45, 2.75) is 19.8 Å². The average Bonchev–Trinajstić information content (AvgIpc) is 2.22. The van der Waals surface area contributed by atoms with Crippen LogP contribution in [-0.2, 0) is 24.1 Å². The molecule has 16 heavy (non-hydrogen) atoms. The number of terminal acetylenes is 1. The molecule has 0 aromatic carbocycles. The molecule has 0 atom stereocenters. The Hall–Kier alpha value is -0.580. The molecule has 0 bridgehead atoms. The molecule has 0 rings (SSSR count). The molecule has 0 radical (unpaired) electrons. The minimum absolute atomic E-state index is 0.00809. The summed E-state index contributed by atoms with van der Waals surface area (Å²) in [4.78, 5) is 0. The van der Waals surface area contributed by atoms with Gasteiger partial charge in [-0.15, -0.1) is 6.42 Å². The highest BCUT2D eigenvalue weighted by atomic mass is 32.2. The maximum atomic E-state index is 11.1. The Labute approximate surface area is 97.2 Å². The van der Waals surface area contributed by atoms with Crippen LogP contribution in [0.4, 0.5) is 0 Å². The summed E-state index contributed by atoms with van der Waals surface area (Å²) in [5.74, 6) is 1.93. The van der Waals surface area contributed by atoms with Crippen LogP contribution in [-0.4, -0.2) is 40.7 Å². The smallest absolute Gasteiger partial charge is 0.257 e. The van der Waals surface area contributed by atoms with Crippen LogP contribution in [0.3, 0.4) is 0 Å². The van der Waals surface area contributed by atoms with E-state index in [0.29, 0.717) is 6.42 Å². The van der Waals surface area contributed by atoms with Gasteiger partial charge in [0.05, 0.1) is 11.5 Å². The van der Waals surface area contributed by atoms with Crippen LogP contribution in [0.5, 0.6) is 0 Å². The number of hydrogen-bond donors (Lipinski definition) is 0. The first-order valence-corrected chi connectivity index (χ1v) is 8.24. The van der Waals surface area contributed by atoms with Gasteiger partial charge in [-0.05, 0) is 12.8 Å². The van der Waals surface area contributed by atoms with E-state index < -0.39 is 20.0 Å². The van der Waals surface area contributed by atoms with Crippen molar-refractivity contribution in [1.29, 1.82) is 0 Å². The molecule has 0 aliphatic heterocycles. The van der Waals surface area contributed by atoms with Gasteiger partial charge in [0.25, 0.3) is 10.1 Å². The summed E-state index contributed by atoms with van der Waals surface area (Å²) in [6.07, 6.45) is 5.42. The van der Waals surface area contributed by atoms with Crippen LogP contribution < -0.4 is 0 Å².